The first kappa shape index (κ1) is 25.9. The molecule has 7 nitrogen and oxygen atoms in total. The van der Waals surface area contributed by atoms with Gasteiger partial charge in [-0.25, -0.2) is 8.42 Å². The Hall–Kier alpha value is -2.71. The van der Waals surface area contributed by atoms with Crippen LogP contribution in [0.25, 0.3) is 0 Å². The van der Waals surface area contributed by atoms with Gasteiger partial charge < -0.3 is 10.6 Å². The third-order valence-corrected chi connectivity index (χ3v) is 8.34. The fourth-order valence-corrected chi connectivity index (χ4v) is 6.38. The van der Waals surface area contributed by atoms with Gasteiger partial charge in [-0.1, -0.05) is 48.9 Å². The van der Waals surface area contributed by atoms with Gasteiger partial charge in [-0.05, 0) is 68.7 Å². The van der Waals surface area contributed by atoms with E-state index in [1.54, 1.807) is 10.4 Å². The van der Waals surface area contributed by atoms with Gasteiger partial charge in [0.25, 0.3) is 0 Å². The molecule has 184 valence electrons. The molecule has 0 saturated carbocycles. The topological polar surface area (TPSA) is 95.6 Å². The molecule has 0 bridgehead atoms. The maximum atomic E-state index is 13.4. The Morgan fingerprint density at radius 1 is 0.971 bits per heavy atom. The van der Waals surface area contributed by atoms with Crippen LogP contribution in [0, 0.1) is 13.8 Å². The van der Waals surface area contributed by atoms with E-state index in [-0.39, 0.29) is 12.6 Å². The van der Waals surface area contributed by atoms with E-state index in [0.29, 0.717) is 24.4 Å². The molecule has 1 heterocycles. The summed E-state index contributed by atoms with van der Waals surface area (Å²) >= 11 is 0. The molecule has 2 aromatic carbocycles. The van der Waals surface area contributed by atoms with Gasteiger partial charge in [0.1, 0.15) is 0 Å². The maximum absolute atomic E-state index is 13.4. The van der Waals surface area contributed by atoms with Crippen LogP contribution >= 0.6 is 0 Å². The number of hydrogen-bond acceptors (Lipinski definition) is 4. The fraction of sp³-hybridized carbons (Fsp3) is 0.462. The number of hydrogen-bond donors (Lipinski definition) is 2. The second-order valence-electron chi connectivity index (χ2n) is 8.92. The minimum atomic E-state index is -3.63. The van der Waals surface area contributed by atoms with Crippen molar-refractivity contribution in [1.82, 2.24) is 14.9 Å². The molecule has 1 atom stereocenters. The van der Waals surface area contributed by atoms with Crippen molar-refractivity contribution < 1.29 is 18.0 Å². The lowest BCUT2D eigenvalue weighted by Crippen LogP contribution is -2.46. The van der Waals surface area contributed by atoms with E-state index in [4.69, 9.17) is 0 Å². The van der Waals surface area contributed by atoms with Crippen LogP contribution in [0.15, 0.2) is 53.4 Å². The Morgan fingerprint density at radius 3 is 2.41 bits per heavy atom. The van der Waals surface area contributed by atoms with E-state index >= 15 is 0 Å². The zero-order valence-electron chi connectivity index (χ0n) is 20.0. The number of rotatable bonds is 9. The normalized spacial score (nSPS) is 16.7. The SMILES string of the molecule is Cc1ccc(C)c(S(=O)(=O)N2CCCCC2CCNC(=O)C(=O)NCCCc2ccccc2)c1. The molecule has 8 heteroatoms. The van der Waals surface area contributed by atoms with Crippen LogP contribution in [0.3, 0.4) is 0 Å². The first-order chi connectivity index (χ1) is 16.3. The lowest BCUT2D eigenvalue weighted by Gasteiger charge is -2.35. The van der Waals surface area contributed by atoms with Crippen LogP contribution in [0.5, 0.6) is 0 Å². The summed E-state index contributed by atoms with van der Waals surface area (Å²) in [5.41, 5.74) is 2.82. The van der Waals surface area contributed by atoms with E-state index in [1.165, 1.54) is 5.56 Å². The molecular weight excluding hydrogens is 450 g/mol. The molecule has 3 rings (SSSR count). The summed E-state index contributed by atoms with van der Waals surface area (Å²) in [6.45, 7) is 4.83. The number of piperidine rings is 1. The van der Waals surface area contributed by atoms with Crippen molar-refractivity contribution in [3.63, 3.8) is 0 Å². The summed E-state index contributed by atoms with van der Waals surface area (Å²) in [4.78, 5) is 24.6. The molecule has 1 unspecified atom stereocenters. The van der Waals surface area contributed by atoms with Gasteiger partial charge in [-0.3, -0.25) is 9.59 Å². The van der Waals surface area contributed by atoms with Crippen LogP contribution in [0.2, 0.25) is 0 Å². The lowest BCUT2D eigenvalue weighted by molar-refractivity contribution is -0.139. The van der Waals surface area contributed by atoms with Crippen molar-refractivity contribution in [1.29, 1.82) is 0 Å². The van der Waals surface area contributed by atoms with Gasteiger partial charge in [0.05, 0.1) is 4.90 Å². The Kier molecular flexibility index (Phi) is 9.24. The van der Waals surface area contributed by atoms with Gasteiger partial charge in [-0.15, -0.1) is 0 Å². The van der Waals surface area contributed by atoms with Gasteiger partial charge in [-0.2, -0.15) is 4.31 Å². The molecule has 34 heavy (non-hydrogen) atoms. The second-order valence-corrected chi connectivity index (χ2v) is 10.8. The van der Waals surface area contributed by atoms with Crippen molar-refractivity contribution in [2.75, 3.05) is 19.6 Å². The van der Waals surface area contributed by atoms with Crippen LogP contribution in [-0.4, -0.2) is 50.2 Å². The Bertz CT molecular complexity index is 1090. The second kappa shape index (κ2) is 12.1. The monoisotopic (exact) mass is 485 g/mol. The first-order valence-corrected chi connectivity index (χ1v) is 13.4. The zero-order valence-corrected chi connectivity index (χ0v) is 20.9. The number of sulfonamides is 1. The van der Waals surface area contributed by atoms with Gasteiger partial charge >= 0.3 is 11.8 Å². The number of aryl methyl sites for hydroxylation is 3. The summed E-state index contributed by atoms with van der Waals surface area (Å²) in [5, 5.41) is 5.30. The predicted molar refractivity (Wildman–Crippen MR) is 133 cm³/mol. The predicted octanol–water partition coefficient (Wildman–Crippen LogP) is 3.10. The van der Waals surface area contributed by atoms with E-state index < -0.39 is 21.8 Å². The molecule has 1 aliphatic heterocycles. The van der Waals surface area contributed by atoms with E-state index in [2.05, 4.69) is 10.6 Å². The van der Waals surface area contributed by atoms with E-state index in [0.717, 1.165) is 43.2 Å². The molecule has 2 N–H and O–H groups in total. The smallest absolute Gasteiger partial charge is 0.309 e. The van der Waals surface area contributed by atoms with Crippen LogP contribution in [-0.2, 0) is 26.0 Å². The summed E-state index contributed by atoms with van der Waals surface area (Å²) in [6, 6.07) is 15.2. The van der Waals surface area contributed by atoms with Gasteiger partial charge in [0.15, 0.2) is 0 Å². The van der Waals surface area contributed by atoms with Crippen molar-refractivity contribution >= 4 is 21.8 Å². The number of nitrogens with one attached hydrogen (secondary N) is 2. The molecule has 0 spiro atoms. The molecule has 2 amide bonds. The maximum Gasteiger partial charge on any atom is 0.309 e. The molecule has 0 aromatic heterocycles. The molecule has 2 aromatic rings. The average Bonchev–Trinajstić information content (AvgIpc) is 2.84. The number of nitrogens with zero attached hydrogens (tertiary/aromatic N) is 1. The summed E-state index contributed by atoms with van der Waals surface area (Å²) < 4.78 is 28.4. The molecule has 0 aliphatic carbocycles. The standard InChI is InChI=1S/C26H35N3O4S/c1-20-13-14-21(2)24(19-20)34(32,33)29-18-7-6-12-23(29)15-17-28-26(31)25(30)27-16-8-11-22-9-4-3-5-10-22/h3-5,9-10,13-14,19,23H,6-8,11-12,15-18H2,1-2H3,(H,27,30)(H,28,31). The van der Waals surface area contributed by atoms with Gasteiger partial charge in [0, 0.05) is 25.7 Å². The molecule has 1 fully saturated rings. The van der Waals surface area contributed by atoms with Crippen molar-refractivity contribution in [3.05, 3.63) is 65.2 Å². The molecule has 1 saturated heterocycles. The van der Waals surface area contributed by atoms with Crippen molar-refractivity contribution in [2.45, 2.75) is 63.3 Å². The molecule has 1 aliphatic rings. The van der Waals surface area contributed by atoms with Crippen LogP contribution < -0.4 is 10.6 Å². The van der Waals surface area contributed by atoms with Gasteiger partial charge in [0.2, 0.25) is 10.0 Å². The fourth-order valence-electron chi connectivity index (χ4n) is 4.34. The average molecular weight is 486 g/mol. The highest BCUT2D eigenvalue weighted by Gasteiger charge is 2.34. The Balaban J connectivity index is 1.48. The number of amides is 2. The molecular formula is C26H35N3O4S. The number of carbonyl (C=O) groups is 2. The van der Waals surface area contributed by atoms with Crippen LogP contribution in [0.4, 0.5) is 0 Å². The van der Waals surface area contributed by atoms with E-state index in [1.807, 2.05) is 56.3 Å². The third kappa shape index (κ3) is 6.90. The Labute approximate surface area is 203 Å². The summed E-state index contributed by atoms with van der Waals surface area (Å²) in [7, 11) is -3.63. The first-order valence-electron chi connectivity index (χ1n) is 12.0. The zero-order chi connectivity index (χ0) is 24.6. The highest BCUT2D eigenvalue weighted by Crippen LogP contribution is 2.29. The minimum absolute atomic E-state index is 0.201. The number of benzene rings is 2. The third-order valence-electron chi connectivity index (χ3n) is 6.24. The lowest BCUT2D eigenvalue weighted by atomic mass is 10.0. The minimum Gasteiger partial charge on any atom is -0.348 e. The largest absolute Gasteiger partial charge is 0.348 e. The highest BCUT2D eigenvalue weighted by atomic mass is 32.2. The van der Waals surface area contributed by atoms with Crippen molar-refractivity contribution in [3.8, 4) is 0 Å². The van der Waals surface area contributed by atoms with Crippen LogP contribution in [0.1, 0.15) is 48.8 Å². The highest BCUT2D eigenvalue weighted by molar-refractivity contribution is 7.89. The summed E-state index contributed by atoms with van der Waals surface area (Å²) in [6.07, 6.45) is 4.55. The Morgan fingerprint density at radius 2 is 1.68 bits per heavy atom. The van der Waals surface area contributed by atoms with Crippen molar-refractivity contribution in [2.24, 2.45) is 0 Å². The molecule has 0 radical (unpaired) electrons. The summed E-state index contributed by atoms with van der Waals surface area (Å²) in [5.74, 6) is -1.34. The number of carbonyl (C=O) groups excluding carboxylic acids is 2. The quantitative estimate of drug-likeness (QED) is 0.421. The van der Waals surface area contributed by atoms with E-state index in [9.17, 15) is 18.0 Å².